The minimum atomic E-state index is -0.204. The van der Waals surface area contributed by atoms with Crippen LogP contribution in [-0.4, -0.2) is 66.3 Å². The van der Waals surface area contributed by atoms with Gasteiger partial charge in [-0.15, -0.1) is 0 Å². The summed E-state index contributed by atoms with van der Waals surface area (Å²) < 4.78 is 5.41. The molecule has 33 heavy (non-hydrogen) atoms. The summed E-state index contributed by atoms with van der Waals surface area (Å²) in [5.41, 5.74) is 1.90. The van der Waals surface area contributed by atoms with Crippen LogP contribution in [0.3, 0.4) is 0 Å². The van der Waals surface area contributed by atoms with Crippen LogP contribution in [0.2, 0.25) is 0 Å². The highest BCUT2D eigenvalue weighted by atomic mass is 16.5. The molecule has 5 rings (SSSR count). The second-order valence-electron chi connectivity index (χ2n) is 9.88. The molecule has 0 radical (unpaired) electrons. The van der Waals surface area contributed by atoms with E-state index in [9.17, 15) is 4.79 Å². The minimum absolute atomic E-state index is 0.00520. The maximum Gasteiger partial charge on any atom is 0.322 e. The molecule has 2 saturated heterocycles. The molecular formula is C25H34N6O2. The van der Waals surface area contributed by atoms with Gasteiger partial charge in [-0.2, -0.15) is 0 Å². The van der Waals surface area contributed by atoms with Crippen molar-refractivity contribution in [3.63, 3.8) is 0 Å². The normalized spacial score (nSPS) is 28.3. The Hall–Kier alpha value is -2.71. The van der Waals surface area contributed by atoms with Crippen molar-refractivity contribution in [1.29, 1.82) is 0 Å². The van der Waals surface area contributed by atoms with Gasteiger partial charge >= 0.3 is 6.03 Å². The Morgan fingerprint density at radius 3 is 2.36 bits per heavy atom. The number of hydrogen-bond acceptors (Lipinski definition) is 6. The summed E-state index contributed by atoms with van der Waals surface area (Å²) in [6, 6.07) is 11.0. The number of benzene rings is 1. The predicted molar refractivity (Wildman–Crippen MR) is 128 cm³/mol. The van der Waals surface area contributed by atoms with Crippen molar-refractivity contribution in [3.8, 4) is 0 Å². The van der Waals surface area contributed by atoms with E-state index in [0.717, 1.165) is 57.4 Å². The van der Waals surface area contributed by atoms with Crippen LogP contribution in [0.5, 0.6) is 0 Å². The van der Waals surface area contributed by atoms with Gasteiger partial charge in [-0.3, -0.25) is 9.80 Å². The number of anilines is 2. The Labute approximate surface area is 195 Å². The van der Waals surface area contributed by atoms with Crippen LogP contribution in [0.1, 0.15) is 44.1 Å². The fraction of sp³-hybridized carbons (Fsp3) is 0.560. The van der Waals surface area contributed by atoms with Gasteiger partial charge in [-0.05, 0) is 58.2 Å². The maximum atomic E-state index is 12.9. The van der Waals surface area contributed by atoms with Crippen LogP contribution >= 0.6 is 0 Å². The lowest BCUT2D eigenvalue weighted by Gasteiger charge is -2.48. The third-order valence-corrected chi connectivity index (χ3v) is 7.78. The molecule has 1 aromatic carbocycles. The molecule has 3 fully saturated rings. The molecule has 1 aliphatic carbocycles. The number of carbonyl (C=O) groups is 1. The van der Waals surface area contributed by atoms with E-state index in [-0.39, 0.29) is 17.1 Å². The summed E-state index contributed by atoms with van der Waals surface area (Å²) in [5.74, 6) is 0.608. The van der Waals surface area contributed by atoms with Gasteiger partial charge in [0.25, 0.3) is 0 Å². The lowest BCUT2D eigenvalue weighted by atomic mass is 9.69. The second kappa shape index (κ2) is 8.91. The molecule has 2 aliphatic heterocycles. The molecule has 3 aliphatic rings. The molecule has 0 atom stereocenters. The van der Waals surface area contributed by atoms with E-state index in [0.29, 0.717) is 18.5 Å². The van der Waals surface area contributed by atoms with Gasteiger partial charge < -0.3 is 15.4 Å². The Balaban J connectivity index is 1.26. The van der Waals surface area contributed by atoms with Crippen molar-refractivity contribution in [2.24, 2.45) is 0 Å². The molecule has 0 bridgehead atoms. The van der Waals surface area contributed by atoms with Gasteiger partial charge in [0.1, 0.15) is 0 Å². The number of aromatic nitrogens is 2. The topological polar surface area (TPSA) is 82.6 Å². The van der Waals surface area contributed by atoms with Crippen LogP contribution in [0.25, 0.3) is 0 Å². The van der Waals surface area contributed by atoms with Gasteiger partial charge in [-0.25, -0.2) is 14.8 Å². The van der Waals surface area contributed by atoms with Crippen LogP contribution in [0, 0.1) is 0 Å². The lowest BCUT2D eigenvalue weighted by Crippen LogP contribution is -2.54. The molecule has 1 aromatic heterocycles. The number of amides is 2. The highest BCUT2D eigenvalue weighted by Gasteiger charge is 2.50. The summed E-state index contributed by atoms with van der Waals surface area (Å²) in [6.45, 7) is 2.19. The maximum absolute atomic E-state index is 12.9. The van der Waals surface area contributed by atoms with E-state index < -0.39 is 0 Å². The number of hydrogen-bond donors (Lipinski definition) is 2. The Bertz CT molecular complexity index is 951. The summed E-state index contributed by atoms with van der Waals surface area (Å²) in [6.07, 6.45) is 9.30. The Morgan fingerprint density at radius 2 is 1.73 bits per heavy atom. The molecule has 3 heterocycles. The number of urea groups is 1. The van der Waals surface area contributed by atoms with E-state index in [1.54, 1.807) is 17.3 Å². The first-order valence-corrected chi connectivity index (χ1v) is 12.0. The molecule has 176 valence electrons. The van der Waals surface area contributed by atoms with Crippen LogP contribution in [0.15, 0.2) is 42.7 Å². The number of carbonyl (C=O) groups excluding carboxylic acids is 1. The summed E-state index contributed by atoms with van der Waals surface area (Å²) in [4.78, 5) is 26.0. The molecule has 1 spiro atoms. The number of rotatable bonds is 5. The van der Waals surface area contributed by atoms with Gasteiger partial charge in [0.15, 0.2) is 0 Å². The van der Waals surface area contributed by atoms with Crippen molar-refractivity contribution in [2.75, 3.05) is 44.1 Å². The summed E-state index contributed by atoms with van der Waals surface area (Å²) >= 11 is 0. The highest BCUT2D eigenvalue weighted by molar-refractivity contribution is 5.95. The van der Waals surface area contributed by atoms with Gasteiger partial charge in [0, 0.05) is 24.8 Å². The van der Waals surface area contributed by atoms with E-state index in [4.69, 9.17) is 4.74 Å². The zero-order chi connectivity index (χ0) is 22.9. The van der Waals surface area contributed by atoms with Gasteiger partial charge in [0.05, 0.1) is 30.2 Å². The van der Waals surface area contributed by atoms with Gasteiger partial charge in [0.2, 0.25) is 5.95 Å². The number of ether oxygens (including phenoxy) is 1. The summed E-state index contributed by atoms with van der Waals surface area (Å²) in [5, 5.41) is 6.69. The zero-order valence-corrected chi connectivity index (χ0v) is 19.6. The van der Waals surface area contributed by atoms with Crippen LogP contribution in [0.4, 0.5) is 16.4 Å². The molecular weight excluding hydrogens is 416 g/mol. The SMILES string of the molecule is CN(C)[C@]1(c2ccccc2)CC[C@]2(CC1)CN(c1cnc(NC3CCOCC3)nc1)C(=O)N2. The minimum Gasteiger partial charge on any atom is -0.381 e. The van der Waals surface area contributed by atoms with Crippen molar-refractivity contribution in [1.82, 2.24) is 20.2 Å². The van der Waals surface area contributed by atoms with Crippen molar-refractivity contribution in [2.45, 2.75) is 55.6 Å². The van der Waals surface area contributed by atoms with E-state index >= 15 is 0 Å². The molecule has 2 amide bonds. The molecule has 2 N–H and O–H groups in total. The van der Waals surface area contributed by atoms with E-state index in [2.05, 4.69) is 69.9 Å². The summed E-state index contributed by atoms with van der Waals surface area (Å²) in [7, 11) is 4.33. The monoisotopic (exact) mass is 450 g/mol. The van der Waals surface area contributed by atoms with E-state index in [1.165, 1.54) is 5.56 Å². The third kappa shape index (κ3) is 4.29. The quantitative estimate of drug-likeness (QED) is 0.727. The number of nitrogens with zero attached hydrogens (tertiary/aromatic N) is 4. The largest absolute Gasteiger partial charge is 0.381 e. The van der Waals surface area contributed by atoms with Crippen molar-refractivity contribution in [3.05, 3.63) is 48.3 Å². The molecule has 8 nitrogen and oxygen atoms in total. The molecule has 1 saturated carbocycles. The standard InChI is InChI=1S/C25H34N6O2/c1-30(2)25(19-6-4-3-5-7-19)12-10-24(11-13-25)18-31(23(32)29-24)21-16-26-22(27-17-21)28-20-8-14-33-15-9-20/h3-7,16-17,20H,8-15,18H2,1-2H3,(H,29,32)(H,26,27,28)/t24-,25+. The smallest absolute Gasteiger partial charge is 0.322 e. The predicted octanol–water partition coefficient (Wildman–Crippen LogP) is 3.37. The fourth-order valence-corrected chi connectivity index (χ4v) is 5.64. The van der Waals surface area contributed by atoms with Crippen LogP contribution < -0.4 is 15.5 Å². The lowest BCUT2D eigenvalue weighted by molar-refractivity contribution is 0.0658. The first-order valence-electron chi connectivity index (χ1n) is 12.0. The third-order valence-electron chi connectivity index (χ3n) is 7.78. The molecule has 8 heteroatoms. The second-order valence-corrected chi connectivity index (χ2v) is 9.88. The van der Waals surface area contributed by atoms with E-state index in [1.807, 2.05) is 0 Å². The fourth-order valence-electron chi connectivity index (χ4n) is 5.64. The first kappa shape index (κ1) is 22.1. The van der Waals surface area contributed by atoms with Crippen molar-refractivity contribution >= 4 is 17.7 Å². The van der Waals surface area contributed by atoms with Crippen LogP contribution in [-0.2, 0) is 10.3 Å². The molecule has 0 unspecified atom stereocenters. The van der Waals surface area contributed by atoms with Gasteiger partial charge in [-0.1, -0.05) is 30.3 Å². The van der Waals surface area contributed by atoms with Crippen molar-refractivity contribution < 1.29 is 9.53 Å². The molecule has 2 aromatic rings. The number of nitrogens with one attached hydrogen (secondary N) is 2. The average molecular weight is 451 g/mol. The first-order chi connectivity index (χ1) is 16.0. The zero-order valence-electron chi connectivity index (χ0n) is 19.6. The Morgan fingerprint density at radius 1 is 1.06 bits per heavy atom. The average Bonchev–Trinajstić information content (AvgIpc) is 3.17. The Kier molecular flexibility index (Phi) is 5.97. The highest BCUT2D eigenvalue weighted by Crippen LogP contribution is 2.46.